The van der Waals surface area contributed by atoms with Crippen molar-refractivity contribution in [2.75, 3.05) is 25.3 Å². The minimum atomic E-state index is -0.168. The highest BCUT2D eigenvalue weighted by atomic mass is 32.2. The van der Waals surface area contributed by atoms with E-state index < -0.39 is 0 Å². The summed E-state index contributed by atoms with van der Waals surface area (Å²) in [6.07, 6.45) is 0. The molecule has 0 spiro atoms. The lowest BCUT2D eigenvalue weighted by Gasteiger charge is -2.08. The van der Waals surface area contributed by atoms with Crippen LogP contribution in [0.3, 0.4) is 0 Å². The molecule has 0 fully saturated rings. The highest BCUT2D eigenvalue weighted by molar-refractivity contribution is 7.99. The van der Waals surface area contributed by atoms with Gasteiger partial charge in [0.2, 0.25) is 11.7 Å². The fraction of sp³-hybridized carbons (Fsp3) is 0.143. The third-order valence-electron chi connectivity index (χ3n) is 4.77. The molecule has 11 heteroatoms. The van der Waals surface area contributed by atoms with Gasteiger partial charge in [0, 0.05) is 17.0 Å². The van der Waals surface area contributed by atoms with Crippen LogP contribution in [0.4, 0.5) is 5.13 Å². The summed E-state index contributed by atoms with van der Waals surface area (Å²) in [5.41, 5.74) is 3.36. The van der Waals surface area contributed by atoms with Crippen LogP contribution < -0.4 is 14.8 Å². The number of nitrogens with one attached hydrogen (secondary N) is 2. The Kier molecular flexibility index (Phi) is 5.41. The second kappa shape index (κ2) is 8.52. The molecule has 0 bridgehead atoms. The standard InChI is InChI=1S/C21H18N6O3S2/c1-29-12-7-8-13(17(9-12)30-2)15-10-31-20(23-15)24-18(28)11-32-21-26-25-19-22-14-5-3-4-6-16(14)27(19)21/h3-10H,11H2,1-2H3,(H,22,25)(H,23,24,28). The van der Waals surface area contributed by atoms with E-state index >= 15 is 0 Å². The van der Waals surface area contributed by atoms with Gasteiger partial charge in [-0.2, -0.15) is 0 Å². The normalized spacial score (nSPS) is 11.2. The summed E-state index contributed by atoms with van der Waals surface area (Å²) in [7, 11) is 3.20. The average molecular weight is 467 g/mol. The van der Waals surface area contributed by atoms with Crippen molar-refractivity contribution in [3.63, 3.8) is 0 Å². The Hall–Kier alpha value is -3.57. The van der Waals surface area contributed by atoms with Crippen LogP contribution in [-0.2, 0) is 4.79 Å². The van der Waals surface area contributed by atoms with Crippen LogP contribution in [0.2, 0.25) is 0 Å². The van der Waals surface area contributed by atoms with Gasteiger partial charge < -0.3 is 14.8 Å². The number of carbonyl (C=O) groups is 1. The molecule has 0 saturated carbocycles. The molecule has 5 aromatic rings. The molecule has 0 aliphatic heterocycles. The van der Waals surface area contributed by atoms with Gasteiger partial charge in [-0.3, -0.25) is 9.20 Å². The van der Waals surface area contributed by atoms with E-state index in [0.717, 1.165) is 22.3 Å². The van der Waals surface area contributed by atoms with E-state index in [2.05, 4.69) is 25.5 Å². The van der Waals surface area contributed by atoms with Crippen LogP contribution in [0.25, 0.3) is 28.1 Å². The first kappa shape index (κ1) is 20.3. The third kappa shape index (κ3) is 3.76. The number of nitrogens with zero attached hydrogens (tertiary/aromatic N) is 4. The molecule has 2 aromatic carbocycles. The lowest BCUT2D eigenvalue weighted by atomic mass is 10.1. The number of thiazole rings is 1. The Morgan fingerprint density at radius 3 is 2.91 bits per heavy atom. The molecule has 0 atom stereocenters. The first-order valence-corrected chi connectivity index (χ1v) is 11.4. The fourth-order valence-corrected chi connectivity index (χ4v) is 4.77. The predicted molar refractivity (Wildman–Crippen MR) is 125 cm³/mol. The number of methoxy groups -OCH3 is 2. The molecule has 9 nitrogen and oxygen atoms in total. The van der Waals surface area contributed by atoms with Gasteiger partial charge in [-0.05, 0) is 24.3 Å². The van der Waals surface area contributed by atoms with Crippen LogP contribution in [0, 0.1) is 0 Å². The monoisotopic (exact) mass is 466 g/mol. The van der Waals surface area contributed by atoms with Crippen LogP contribution in [0.15, 0.2) is 53.0 Å². The summed E-state index contributed by atoms with van der Waals surface area (Å²) in [6.45, 7) is 0. The van der Waals surface area contributed by atoms with Crippen molar-refractivity contribution in [1.29, 1.82) is 0 Å². The maximum Gasteiger partial charge on any atom is 0.236 e. The Bertz CT molecular complexity index is 1420. The Labute approximate surface area is 190 Å². The van der Waals surface area contributed by atoms with Crippen LogP contribution in [-0.4, -0.2) is 50.4 Å². The van der Waals surface area contributed by atoms with Crippen molar-refractivity contribution in [2.45, 2.75) is 5.16 Å². The van der Waals surface area contributed by atoms with Gasteiger partial charge in [0.15, 0.2) is 10.3 Å². The number of aromatic nitrogens is 5. The molecule has 3 aromatic heterocycles. The molecule has 0 unspecified atom stereocenters. The zero-order valence-corrected chi connectivity index (χ0v) is 18.8. The van der Waals surface area contributed by atoms with E-state index in [1.54, 1.807) is 20.3 Å². The van der Waals surface area contributed by atoms with Gasteiger partial charge in [0.25, 0.3) is 0 Å². The summed E-state index contributed by atoms with van der Waals surface area (Å²) < 4.78 is 12.6. The molecule has 0 aliphatic rings. The summed E-state index contributed by atoms with van der Waals surface area (Å²) in [5.74, 6) is 2.01. The first-order chi connectivity index (χ1) is 15.7. The number of thioether (sulfide) groups is 1. The number of rotatable bonds is 7. The number of benzene rings is 2. The Morgan fingerprint density at radius 2 is 2.06 bits per heavy atom. The molecule has 3 heterocycles. The van der Waals surface area contributed by atoms with Crippen molar-refractivity contribution < 1.29 is 14.3 Å². The number of carbonyl (C=O) groups excluding carboxylic acids is 1. The molecular formula is C21H18N6O3S2. The smallest absolute Gasteiger partial charge is 0.236 e. The van der Waals surface area contributed by atoms with E-state index in [1.807, 2.05) is 46.2 Å². The van der Waals surface area contributed by atoms with Crippen molar-refractivity contribution in [3.05, 3.63) is 47.8 Å². The number of hydrogen-bond donors (Lipinski definition) is 2. The van der Waals surface area contributed by atoms with Crippen molar-refractivity contribution in [1.82, 2.24) is 24.6 Å². The highest BCUT2D eigenvalue weighted by Crippen LogP contribution is 2.35. The lowest BCUT2D eigenvalue weighted by molar-refractivity contribution is -0.113. The number of anilines is 1. The Morgan fingerprint density at radius 1 is 1.19 bits per heavy atom. The maximum absolute atomic E-state index is 12.5. The number of H-pyrrole nitrogens is 1. The first-order valence-electron chi connectivity index (χ1n) is 9.58. The third-order valence-corrected chi connectivity index (χ3v) is 6.47. The SMILES string of the molecule is COc1ccc(-c2csc(NC(=O)CSc3n[nH]c4nc5ccccc5n34)n2)c(OC)c1. The number of para-hydroxylation sites is 2. The van der Waals surface area contributed by atoms with Crippen molar-refractivity contribution >= 4 is 50.9 Å². The van der Waals surface area contributed by atoms with Gasteiger partial charge in [0.1, 0.15) is 11.5 Å². The van der Waals surface area contributed by atoms with Gasteiger partial charge in [0.05, 0.1) is 36.7 Å². The van der Waals surface area contributed by atoms with Crippen molar-refractivity contribution in [3.8, 4) is 22.8 Å². The van der Waals surface area contributed by atoms with Gasteiger partial charge in [-0.1, -0.05) is 23.9 Å². The molecule has 162 valence electrons. The van der Waals surface area contributed by atoms with Crippen molar-refractivity contribution in [2.24, 2.45) is 0 Å². The zero-order valence-electron chi connectivity index (χ0n) is 17.2. The minimum Gasteiger partial charge on any atom is -0.497 e. The largest absolute Gasteiger partial charge is 0.497 e. The number of hydrogen-bond acceptors (Lipinski definition) is 8. The van der Waals surface area contributed by atoms with Crippen LogP contribution in [0.5, 0.6) is 11.5 Å². The van der Waals surface area contributed by atoms with Gasteiger partial charge in [-0.15, -0.1) is 16.4 Å². The number of imidazole rings is 1. The molecule has 0 saturated heterocycles. The number of fused-ring (bicyclic) bond motifs is 3. The minimum absolute atomic E-state index is 0.168. The molecule has 0 radical (unpaired) electrons. The molecular weight excluding hydrogens is 448 g/mol. The molecule has 32 heavy (non-hydrogen) atoms. The van der Waals surface area contributed by atoms with Crippen LogP contribution in [0.1, 0.15) is 0 Å². The van der Waals surface area contributed by atoms with E-state index in [9.17, 15) is 4.79 Å². The van der Waals surface area contributed by atoms with E-state index in [0.29, 0.717) is 27.6 Å². The summed E-state index contributed by atoms with van der Waals surface area (Å²) >= 11 is 2.68. The second-order valence-electron chi connectivity index (χ2n) is 6.71. The van der Waals surface area contributed by atoms with E-state index in [-0.39, 0.29) is 11.7 Å². The average Bonchev–Trinajstić information content (AvgIpc) is 3.53. The second-order valence-corrected chi connectivity index (χ2v) is 8.51. The Balaban J connectivity index is 1.28. The number of aromatic amines is 1. The maximum atomic E-state index is 12.5. The number of amides is 1. The molecule has 2 N–H and O–H groups in total. The molecule has 5 rings (SSSR count). The topological polar surface area (TPSA) is 106 Å². The molecule has 1 amide bonds. The molecule has 0 aliphatic carbocycles. The summed E-state index contributed by atoms with van der Waals surface area (Å²) in [4.78, 5) is 21.6. The van der Waals surface area contributed by atoms with Gasteiger partial charge in [-0.25, -0.2) is 15.1 Å². The van der Waals surface area contributed by atoms with E-state index in [4.69, 9.17) is 9.47 Å². The fourth-order valence-electron chi connectivity index (χ4n) is 3.29. The summed E-state index contributed by atoms with van der Waals surface area (Å²) in [5, 5.41) is 13.1. The summed E-state index contributed by atoms with van der Waals surface area (Å²) in [6, 6.07) is 13.3. The van der Waals surface area contributed by atoms with Gasteiger partial charge >= 0.3 is 0 Å². The zero-order chi connectivity index (χ0) is 22.1. The van der Waals surface area contributed by atoms with E-state index in [1.165, 1.54) is 23.1 Å². The van der Waals surface area contributed by atoms with Crippen LogP contribution >= 0.6 is 23.1 Å². The predicted octanol–water partition coefficient (Wildman–Crippen LogP) is 4.08. The lowest BCUT2D eigenvalue weighted by Crippen LogP contribution is -2.14. The highest BCUT2D eigenvalue weighted by Gasteiger charge is 2.15. The number of ether oxygens (including phenoxy) is 2. The quantitative estimate of drug-likeness (QED) is 0.348.